The van der Waals surface area contributed by atoms with Gasteiger partial charge in [0, 0.05) is 5.02 Å². The van der Waals surface area contributed by atoms with Crippen LogP contribution >= 0.6 is 11.6 Å². The molecule has 0 fully saturated rings. The maximum Gasteiger partial charge on any atom is 0.0564 e. The molecule has 2 N–H and O–H groups in total. The standard InChI is InChI=1S/C10H12ClN/c1-3-10(2,12)8-4-6-9(11)7-5-8/h3-7H,1,12H2,2H3/t10-/m1/s1. The van der Waals surface area contributed by atoms with E-state index in [9.17, 15) is 0 Å². The van der Waals surface area contributed by atoms with Crippen molar-refractivity contribution >= 4 is 11.6 Å². The summed E-state index contributed by atoms with van der Waals surface area (Å²) in [6.45, 7) is 5.58. The van der Waals surface area contributed by atoms with Crippen LogP contribution in [0.25, 0.3) is 0 Å². The summed E-state index contributed by atoms with van der Waals surface area (Å²) < 4.78 is 0. The molecule has 0 saturated heterocycles. The maximum absolute atomic E-state index is 5.93. The van der Waals surface area contributed by atoms with Crippen molar-refractivity contribution in [3.63, 3.8) is 0 Å². The minimum Gasteiger partial charge on any atom is -0.318 e. The van der Waals surface area contributed by atoms with Crippen molar-refractivity contribution in [2.45, 2.75) is 12.5 Å². The molecule has 0 aromatic heterocycles. The lowest BCUT2D eigenvalue weighted by Crippen LogP contribution is -2.29. The number of rotatable bonds is 2. The molecule has 1 aromatic rings. The summed E-state index contributed by atoms with van der Waals surface area (Å²) in [4.78, 5) is 0. The molecule has 2 heteroatoms. The van der Waals surface area contributed by atoms with E-state index in [0.717, 1.165) is 10.6 Å². The van der Waals surface area contributed by atoms with Gasteiger partial charge in [-0.25, -0.2) is 0 Å². The number of hydrogen-bond acceptors (Lipinski definition) is 1. The van der Waals surface area contributed by atoms with Gasteiger partial charge in [-0.1, -0.05) is 29.8 Å². The molecule has 1 nitrogen and oxygen atoms in total. The molecule has 0 heterocycles. The van der Waals surface area contributed by atoms with Gasteiger partial charge in [-0.15, -0.1) is 6.58 Å². The van der Waals surface area contributed by atoms with Gasteiger partial charge in [0.25, 0.3) is 0 Å². The zero-order valence-electron chi connectivity index (χ0n) is 7.05. The molecule has 0 unspecified atom stereocenters. The Morgan fingerprint density at radius 1 is 1.42 bits per heavy atom. The van der Waals surface area contributed by atoms with E-state index < -0.39 is 5.54 Å². The summed E-state index contributed by atoms with van der Waals surface area (Å²) in [5.74, 6) is 0. The van der Waals surface area contributed by atoms with Crippen molar-refractivity contribution in [2.75, 3.05) is 0 Å². The van der Waals surface area contributed by atoms with Crippen LogP contribution in [0.2, 0.25) is 5.02 Å². The van der Waals surface area contributed by atoms with Gasteiger partial charge in [-0.05, 0) is 24.6 Å². The fraction of sp³-hybridized carbons (Fsp3) is 0.200. The first kappa shape index (κ1) is 9.30. The van der Waals surface area contributed by atoms with Crippen molar-refractivity contribution in [1.82, 2.24) is 0 Å². The zero-order chi connectivity index (χ0) is 9.19. The Hall–Kier alpha value is -0.790. The third-order valence-corrected chi connectivity index (χ3v) is 2.14. The zero-order valence-corrected chi connectivity index (χ0v) is 7.81. The molecule has 0 amide bonds. The fourth-order valence-corrected chi connectivity index (χ4v) is 1.05. The van der Waals surface area contributed by atoms with E-state index in [-0.39, 0.29) is 0 Å². The van der Waals surface area contributed by atoms with Crippen LogP contribution in [0.15, 0.2) is 36.9 Å². The maximum atomic E-state index is 5.93. The quantitative estimate of drug-likeness (QED) is 0.698. The van der Waals surface area contributed by atoms with Crippen LogP contribution < -0.4 is 5.73 Å². The molecule has 1 aromatic carbocycles. The lowest BCUT2D eigenvalue weighted by Gasteiger charge is -2.20. The first-order chi connectivity index (χ1) is 5.56. The van der Waals surface area contributed by atoms with Gasteiger partial charge in [0.2, 0.25) is 0 Å². The molecule has 0 radical (unpaired) electrons. The van der Waals surface area contributed by atoms with Crippen molar-refractivity contribution in [2.24, 2.45) is 5.73 Å². The minimum atomic E-state index is -0.468. The first-order valence-corrected chi connectivity index (χ1v) is 4.12. The molecule has 0 aliphatic heterocycles. The highest BCUT2D eigenvalue weighted by Gasteiger charge is 2.15. The van der Waals surface area contributed by atoms with Crippen molar-refractivity contribution < 1.29 is 0 Å². The third kappa shape index (κ3) is 1.87. The van der Waals surface area contributed by atoms with Gasteiger partial charge < -0.3 is 5.73 Å². The molecule has 0 aliphatic rings. The van der Waals surface area contributed by atoms with Crippen LogP contribution in [0.5, 0.6) is 0 Å². The summed E-state index contributed by atoms with van der Waals surface area (Å²) in [7, 11) is 0. The monoisotopic (exact) mass is 181 g/mol. The average Bonchev–Trinajstić information content (AvgIpc) is 2.05. The Bertz CT molecular complexity index is 274. The van der Waals surface area contributed by atoms with E-state index in [4.69, 9.17) is 17.3 Å². The highest BCUT2D eigenvalue weighted by Crippen LogP contribution is 2.20. The number of benzene rings is 1. The third-order valence-electron chi connectivity index (χ3n) is 1.89. The minimum absolute atomic E-state index is 0.468. The lowest BCUT2D eigenvalue weighted by molar-refractivity contribution is 0.632. The Kier molecular flexibility index (Phi) is 2.55. The SMILES string of the molecule is C=C[C@@](C)(N)c1ccc(Cl)cc1. The molecule has 1 rings (SSSR count). The van der Waals surface area contributed by atoms with E-state index in [1.165, 1.54) is 0 Å². The van der Waals surface area contributed by atoms with Gasteiger partial charge in [-0.3, -0.25) is 0 Å². The van der Waals surface area contributed by atoms with Gasteiger partial charge in [0.1, 0.15) is 0 Å². The highest BCUT2D eigenvalue weighted by atomic mass is 35.5. The molecule has 0 aliphatic carbocycles. The Labute approximate surface area is 77.8 Å². The van der Waals surface area contributed by atoms with E-state index in [1.54, 1.807) is 6.08 Å². The second-order valence-corrected chi connectivity index (χ2v) is 3.43. The van der Waals surface area contributed by atoms with E-state index >= 15 is 0 Å². The van der Waals surface area contributed by atoms with Crippen LogP contribution in [0.1, 0.15) is 12.5 Å². The summed E-state index contributed by atoms with van der Waals surface area (Å²) in [5, 5.41) is 0.721. The summed E-state index contributed by atoms with van der Waals surface area (Å²) in [6.07, 6.45) is 1.72. The second-order valence-electron chi connectivity index (χ2n) is 2.99. The van der Waals surface area contributed by atoms with Crippen molar-refractivity contribution in [1.29, 1.82) is 0 Å². The van der Waals surface area contributed by atoms with Crippen LogP contribution in [0.4, 0.5) is 0 Å². The molecule has 64 valence electrons. The Morgan fingerprint density at radius 3 is 2.33 bits per heavy atom. The largest absolute Gasteiger partial charge is 0.318 e. The van der Waals surface area contributed by atoms with Gasteiger partial charge in [0.15, 0.2) is 0 Å². The lowest BCUT2D eigenvalue weighted by atomic mass is 9.94. The first-order valence-electron chi connectivity index (χ1n) is 3.75. The van der Waals surface area contributed by atoms with Crippen LogP contribution in [-0.2, 0) is 5.54 Å². The number of halogens is 1. The van der Waals surface area contributed by atoms with Gasteiger partial charge in [-0.2, -0.15) is 0 Å². The summed E-state index contributed by atoms with van der Waals surface area (Å²) >= 11 is 5.74. The Balaban J connectivity index is 3.04. The number of nitrogens with two attached hydrogens (primary N) is 1. The summed E-state index contributed by atoms with van der Waals surface area (Å²) in [5.41, 5.74) is 6.47. The van der Waals surface area contributed by atoms with E-state index in [0.29, 0.717) is 0 Å². The van der Waals surface area contributed by atoms with E-state index in [1.807, 2.05) is 31.2 Å². The topological polar surface area (TPSA) is 26.0 Å². The van der Waals surface area contributed by atoms with E-state index in [2.05, 4.69) is 6.58 Å². The average molecular weight is 182 g/mol. The van der Waals surface area contributed by atoms with Crippen LogP contribution in [0, 0.1) is 0 Å². The number of hydrogen-bond donors (Lipinski definition) is 1. The molecular weight excluding hydrogens is 170 g/mol. The molecule has 0 bridgehead atoms. The van der Waals surface area contributed by atoms with Crippen molar-refractivity contribution in [3.05, 3.63) is 47.5 Å². The predicted molar refractivity (Wildman–Crippen MR) is 53.2 cm³/mol. The molecule has 1 atom stereocenters. The molecule has 0 saturated carbocycles. The molecule has 0 spiro atoms. The fourth-order valence-electron chi connectivity index (χ4n) is 0.927. The van der Waals surface area contributed by atoms with Gasteiger partial charge >= 0.3 is 0 Å². The molecular formula is C10H12ClN. The molecule has 12 heavy (non-hydrogen) atoms. The van der Waals surface area contributed by atoms with Gasteiger partial charge in [0.05, 0.1) is 5.54 Å². The Morgan fingerprint density at radius 2 is 1.92 bits per heavy atom. The normalized spacial score (nSPS) is 15.2. The predicted octanol–water partition coefficient (Wildman–Crippen LogP) is 2.70. The van der Waals surface area contributed by atoms with Crippen LogP contribution in [0.3, 0.4) is 0 Å². The summed E-state index contributed by atoms with van der Waals surface area (Å²) in [6, 6.07) is 7.46. The van der Waals surface area contributed by atoms with Crippen LogP contribution in [-0.4, -0.2) is 0 Å². The van der Waals surface area contributed by atoms with Crippen molar-refractivity contribution in [3.8, 4) is 0 Å². The second kappa shape index (κ2) is 3.30. The highest BCUT2D eigenvalue weighted by molar-refractivity contribution is 6.30. The smallest absolute Gasteiger partial charge is 0.0564 e.